The van der Waals surface area contributed by atoms with E-state index in [1.165, 1.54) is 18.2 Å². The molecule has 106 valence electrons. The van der Waals surface area contributed by atoms with Crippen molar-refractivity contribution in [2.75, 3.05) is 0 Å². The molecule has 20 heavy (non-hydrogen) atoms. The summed E-state index contributed by atoms with van der Waals surface area (Å²) < 4.78 is 26.4. The molecule has 0 aliphatic carbocycles. The van der Waals surface area contributed by atoms with Crippen LogP contribution in [0.4, 0.5) is 8.78 Å². The average molecular weight is 362 g/mol. The first kappa shape index (κ1) is 15.4. The first-order chi connectivity index (χ1) is 9.45. The third-order valence-electron chi connectivity index (χ3n) is 2.93. The van der Waals surface area contributed by atoms with Gasteiger partial charge in [-0.15, -0.1) is 0 Å². The molecule has 0 amide bonds. The van der Waals surface area contributed by atoms with Gasteiger partial charge >= 0.3 is 0 Å². The molecule has 0 bridgehead atoms. The van der Waals surface area contributed by atoms with E-state index in [0.29, 0.717) is 27.9 Å². The molecular weight excluding hydrogens is 350 g/mol. The molecule has 0 aromatic heterocycles. The predicted molar refractivity (Wildman–Crippen MR) is 78.9 cm³/mol. The van der Waals surface area contributed by atoms with Crippen molar-refractivity contribution in [3.05, 3.63) is 68.7 Å². The van der Waals surface area contributed by atoms with E-state index < -0.39 is 11.9 Å². The second-order valence-electron chi connectivity index (χ2n) is 4.55. The molecule has 0 saturated heterocycles. The van der Waals surface area contributed by atoms with Gasteiger partial charge in [0.25, 0.3) is 0 Å². The van der Waals surface area contributed by atoms with Crippen LogP contribution in [0.25, 0.3) is 0 Å². The van der Waals surface area contributed by atoms with Crippen LogP contribution in [0.5, 0.6) is 0 Å². The molecule has 2 rings (SSSR count). The second-order valence-corrected chi connectivity index (χ2v) is 5.81. The van der Waals surface area contributed by atoms with Gasteiger partial charge in [-0.2, -0.15) is 0 Å². The minimum atomic E-state index is -0.671. The quantitative estimate of drug-likeness (QED) is 0.848. The lowest BCUT2D eigenvalue weighted by Gasteiger charge is -2.12. The van der Waals surface area contributed by atoms with Gasteiger partial charge in [0, 0.05) is 11.4 Å². The molecule has 0 fully saturated rings. The second kappa shape index (κ2) is 6.66. The van der Waals surface area contributed by atoms with Gasteiger partial charge in [0.1, 0.15) is 11.6 Å². The Morgan fingerprint density at radius 1 is 1.10 bits per heavy atom. The van der Waals surface area contributed by atoms with Crippen LogP contribution < -0.4 is 0 Å². The summed E-state index contributed by atoms with van der Waals surface area (Å²) in [7, 11) is 0. The van der Waals surface area contributed by atoms with Crippen molar-refractivity contribution in [2.45, 2.75) is 18.9 Å². The number of hydrogen-bond acceptors (Lipinski definition) is 1. The highest BCUT2D eigenvalue weighted by Crippen LogP contribution is 2.21. The lowest BCUT2D eigenvalue weighted by molar-refractivity contribution is 0.175. The van der Waals surface area contributed by atoms with Crippen LogP contribution in [0.1, 0.15) is 11.1 Å². The summed E-state index contributed by atoms with van der Waals surface area (Å²) in [5, 5.41) is 10.3. The number of hydrogen-bond donors (Lipinski definition) is 1. The highest BCUT2D eigenvalue weighted by Gasteiger charge is 2.11. The van der Waals surface area contributed by atoms with Crippen molar-refractivity contribution in [3.63, 3.8) is 0 Å². The maximum absolute atomic E-state index is 13.1. The van der Waals surface area contributed by atoms with Gasteiger partial charge in [0.2, 0.25) is 0 Å². The fourth-order valence-corrected chi connectivity index (χ4v) is 2.62. The zero-order chi connectivity index (χ0) is 14.7. The molecule has 0 aliphatic rings. The number of aliphatic hydroxyl groups excluding tert-OH is 1. The lowest BCUT2D eigenvalue weighted by Crippen LogP contribution is -2.14. The van der Waals surface area contributed by atoms with Gasteiger partial charge in [-0.1, -0.05) is 23.7 Å². The molecule has 1 atom stereocenters. The Labute approximate surface area is 129 Å². The summed E-state index contributed by atoms with van der Waals surface area (Å²) in [6.07, 6.45) is 0.0102. The van der Waals surface area contributed by atoms with Gasteiger partial charge in [-0.3, -0.25) is 0 Å². The van der Waals surface area contributed by atoms with Crippen LogP contribution in [-0.2, 0) is 12.8 Å². The van der Waals surface area contributed by atoms with Gasteiger partial charge in [0.05, 0.1) is 10.6 Å². The van der Waals surface area contributed by atoms with Gasteiger partial charge in [-0.25, -0.2) is 8.78 Å². The first-order valence-electron chi connectivity index (χ1n) is 6.01. The smallest absolute Gasteiger partial charge is 0.137 e. The molecule has 2 aromatic carbocycles. The van der Waals surface area contributed by atoms with Crippen molar-refractivity contribution in [1.29, 1.82) is 0 Å². The minimum absolute atomic E-state index is 0.296. The Bertz CT molecular complexity index is 619. The number of aliphatic hydroxyl groups is 1. The van der Waals surface area contributed by atoms with Crippen LogP contribution in [0, 0.1) is 11.6 Å². The van der Waals surface area contributed by atoms with Crippen LogP contribution in [-0.4, -0.2) is 11.2 Å². The van der Waals surface area contributed by atoms with E-state index in [2.05, 4.69) is 15.9 Å². The SMILES string of the molecule is OC(Cc1ccc(F)c(Br)c1)Cc1ccc(F)cc1Cl. The highest BCUT2D eigenvalue weighted by molar-refractivity contribution is 9.10. The average Bonchev–Trinajstić information content (AvgIpc) is 2.37. The highest BCUT2D eigenvalue weighted by atomic mass is 79.9. The topological polar surface area (TPSA) is 20.2 Å². The molecule has 1 unspecified atom stereocenters. The maximum atomic E-state index is 13.1. The maximum Gasteiger partial charge on any atom is 0.137 e. The fourth-order valence-electron chi connectivity index (χ4n) is 1.95. The van der Waals surface area contributed by atoms with E-state index in [1.54, 1.807) is 18.2 Å². The molecule has 2 aromatic rings. The Morgan fingerprint density at radius 3 is 2.50 bits per heavy atom. The fraction of sp³-hybridized carbons (Fsp3) is 0.200. The largest absolute Gasteiger partial charge is 0.392 e. The van der Waals surface area contributed by atoms with Crippen molar-refractivity contribution in [2.24, 2.45) is 0 Å². The van der Waals surface area contributed by atoms with E-state index in [1.807, 2.05) is 0 Å². The number of benzene rings is 2. The molecule has 1 nitrogen and oxygen atoms in total. The van der Waals surface area contributed by atoms with Crippen LogP contribution in [0.3, 0.4) is 0 Å². The summed E-state index contributed by atoms with van der Waals surface area (Å²) in [5.41, 5.74) is 1.49. The van der Waals surface area contributed by atoms with Gasteiger partial charge in [-0.05, 0) is 57.7 Å². The standard InChI is InChI=1S/C15H12BrClF2O/c16-13-6-9(1-4-15(13)19)5-12(20)7-10-2-3-11(18)8-14(10)17/h1-4,6,8,12,20H,5,7H2. The third kappa shape index (κ3) is 4.01. The van der Waals surface area contributed by atoms with Crippen molar-refractivity contribution in [1.82, 2.24) is 0 Å². The first-order valence-corrected chi connectivity index (χ1v) is 7.18. The summed E-state index contributed by atoms with van der Waals surface area (Å²) in [6, 6.07) is 8.68. The monoisotopic (exact) mass is 360 g/mol. The van der Waals surface area contributed by atoms with Crippen molar-refractivity contribution in [3.8, 4) is 0 Å². The normalized spacial score (nSPS) is 12.4. The van der Waals surface area contributed by atoms with Gasteiger partial charge in [0.15, 0.2) is 0 Å². The molecule has 0 aliphatic heterocycles. The molecule has 0 heterocycles. The van der Waals surface area contributed by atoms with E-state index in [-0.39, 0.29) is 5.82 Å². The Balaban J connectivity index is 2.04. The van der Waals surface area contributed by atoms with Crippen LogP contribution in [0.2, 0.25) is 5.02 Å². The number of rotatable bonds is 4. The van der Waals surface area contributed by atoms with E-state index in [9.17, 15) is 13.9 Å². The zero-order valence-electron chi connectivity index (χ0n) is 10.4. The summed E-state index contributed by atoms with van der Waals surface area (Å²) in [4.78, 5) is 0. The Hall–Kier alpha value is -0.970. The molecule has 0 spiro atoms. The molecule has 5 heteroatoms. The number of halogens is 4. The van der Waals surface area contributed by atoms with E-state index in [0.717, 1.165) is 5.56 Å². The molecular formula is C15H12BrClF2O. The molecule has 1 N–H and O–H groups in total. The van der Waals surface area contributed by atoms with Crippen LogP contribution >= 0.6 is 27.5 Å². The summed E-state index contributed by atoms with van der Waals surface area (Å²) in [5.74, 6) is -0.750. The van der Waals surface area contributed by atoms with Gasteiger partial charge < -0.3 is 5.11 Å². The Kier molecular flexibility index (Phi) is 5.13. The lowest BCUT2D eigenvalue weighted by atomic mass is 10.0. The molecule has 0 radical (unpaired) electrons. The molecule has 0 saturated carbocycles. The van der Waals surface area contributed by atoms with Crippen molar-refractivity contribution >= 4 is 27.5 Å². The minimum Gasteiger partial charge on any atom is -0.392 e. The predicted octanol–water partition coefficient (Wildman–Crippen LogP) is 4.53. The zero-order valence-corrected chi connectivity index (χ0v) is 12.8. The summed E-state index contributed by atoms with van der Waals surface area (Å²) >= 11 is 9.02. The van der Waals surface area contributed by atoms with E-state index in [4.69, 9.17) is 11.6 Å². The van der Waals surface area contributed by atoms with Crippen molar-refractivity contribution < 1.29 is 13.9 Å². The third-order valence-corrected chi connectivity index (χ3v) is 3.89. The summed E-state index contributed by atoms with van der Waals surface area (Å²) in [6.45, 7) is 0. The van der Waals surface area contributed by atoms with E-state index >= 15 is 0 Å². The Morgan fingerprint density at radius 2 is 1.85 bits per heavy atom. The van der Waals surface area contributed by atoms with Crippen LogP contribution in [0.15, 0.2) is 40.9 Å².